The number of para-hydroxylation sites is 2. The van der Waals surface area contributed by atoms with Crippen LogP contribution >= 0.6 is 0 Å². The molecule has 0 spiro atoms. The fourth-order valence-corrected chi connectivity index (χ4v) is 1.95. The fraction of sp³-hybridized carbons (Fsp3) is 0. The van der Waals surface area contributed by atoms with Crippen molar-refractivity contribution < 1.29 is 4.74 Å². The number of ether oxygens (including phenoxy) is 1. The highest BCUT2D eigenvalue weighted by atomic mass is 16.5. The number of hydrogen-bond donors (Lipinski definition) is 0. The van der Waals surface area contributed by atoms with Gasteiger partial charge in [0, 0.05) is 6.21 Å². The van der Waals surface area contributed by atoms with Gasteiger partial charge in [-0.3, -0.25) is 4.99 Å². The largest absolute Gasteiger partial charge is 0.457 e. The van der Waals surface area contributed by atoms with Gasteiger partial charge < -0.3 is 4.74 Å². The van der Waals surface area contributed by atoms with Crippen molar-refractivity contribution in [1.29, 1.82) is 0 Å². The first-order valence-electron chi connectivity index (χ1n) is 6.82. The van der Waals surface area contributed by atoms with Gasteiger partial charge in [0.1, 0.15) is 11.5 Å². The molecule has 0 saturated heterocycles. The van der Waals surface area contributed by atoms with Crippen molar-refractivity contribution in [1.82, 2.24) is 0 Å². The number of hydrogen-bond acceptors (Lipinski definition) is 2. The van der Waals surface area contributed by atoms with Crippen molar-refractivity contribution >= 4 is 11.9 Å². The number of benzene rings is 3. The summed E-state index contributed by atoms with van der Waals surface area (Å²) in [6.45, 7) is 0. The summed E-state index contributed by atoms with van der Waals surface area (Å²) >= 11 is 0. The van der Waals surface area contributed by atoms with Crippen LogP contribution in [0.3, 0.4) is 0 Å². The lowest BCUT2D eigenvalue weighted by Gasteiger charge is -2.05. The van der Waals surface area contributed by atoms with E-state index in [2.05, 4.69) is 4.99 Å². The SMILES string of the molecule is C(=N\c1ccccc1)/c1cccc(Oc2ccccc2)c1. The van der Waals surface area contributed by atoms with Gasteiger partial charge in [-0.15, -0.1) is 0 Å². The summed E-state index contributed by atoms with van der Waals surface area (Å²) in [4.78, 5) is 4.44. The van der Waals surface area contributed by atoms with Crippen molar-refractivity contribution in [3.63, 3.8) is 0 Å². The van der Waals surface area contributed by atoms with E-state index in [1.807, 2.05) is 91.1 Å². The molecule has 0 atom stereocenters. The summed E-state index contributed by atoms with van der Waals surface area (Å²) < 4.78 is 5.81. The Morgan fingerprint density at radius 1 is 0.667 bits per heavy atom. The summed E-state index contributed by atoms with van der Waals surface area (Å²) in [5.41, 5.74) is 1.94. The van der Waals surface area contributed by atoms with Gasteiger partial charge in [0.15, 0.2) is 0 Å². The summed E-state index contributed by atoms with van der Waals surface area (Å²) in [5.74, 6) is 1.63. The minimum atomic E-state index is 0.804. The van der Waals surface area contributed by atoms with Crippen LogP contribution in [0.25, 0.3) is 0 Å². The van der Waals surface area contributed by atoms with Crippen molar-refractivity contribution in [2.45, 2.75) is 0 Å². The average molecular weight is 273 g/mol. The summed E-state index contributed by atoms with van der Waals surface area (Å²) in [7, 11) is 0. The molecule has 0 N–H and O–H groups in total. The average Bonchev–Trinajstić information content (AvgIpc) is 2.55. The number of aliphatic imine (C=N–C) groups is 1. The van der Waals surface area contributed by atoms with Crippen LogP contribution in [0.15, 0.2) is 89.9 Å². The van der Waals surface area contributed by atoms with E-state index in [0.29, 0.717) is 0 Å². The molecule has 0 aromatic heterocycles. The Hall–Kier alpha value is -2.87. The molecule has 2 heteroatoms. The van der Waals surface area contributed by atoms with Gasteiger partial charge in [0.25, 0.3) is 0 Å². The van der Waals surface area contributed by atoms with Gasteiger partial charge >= 0.3 is 0 Å². The summed E-state index contributed by atoms with van der Waals surface area (Å²) in [6, 6.07) is 27.5. The molecule has 3 aromatic carbocycles. The van der Waals surface area contributed by atoms with E-state index >= 15 is 0 Å². The van der Waals surface area contributed by atoms with E-state index in [-0.39, 0.29) is 0 Å². The maximum Gasteiger partial charge on any atom is 0.128 e. The van der Waals surface area contributed by atoms with E-state index in [1.54, 1.807) is 0 Å². The fourth-order valence-electron chi connectivity index (χ4n) is 1.95. The van der Waals surface area contributed by atoms with Gasteiger partial charge in [-0.1, -0.05) is 48.5 Å². The summed E-state index contributed by atoms with van der Waals surface area (Å²) in [6.07, 6.45) is 1.84. The van der Waals surface area contributed by atoms with Crippen molar-refractivity contribution in [3.8, 4) is 11.5 Å². The van der Waals surface area contributed by atoms with E-state index in [4.69, 9.17) is 4.74 Å². The molecule has 0 bridgehead atoms. The first-order valence-corrected chi connectivity index (χ1v) is 6.82. The molecule has 2 nitrogen and oxygen atoms in total. The highest BCUT2D eigenvalue weighted by molar-refractivity contribution is 5.82. The second kappa shape index (κ2) is 6.53. The maximum absolute atomic E-state index is 5.81. The predicted molar refractivity (Wildman–Crippen MR) is 86.7 cm³/mol. The molecule has 21 heavy (non-hydrogen) atoms. The van der Waals surface area contributed by atoms with Crippen LogP contribution < -0.4 is 4.74 Å². The molecule has 0 unspecified atom stereocenters. The third-order valence-electron chi connectivity index (χ3n) is 2.96. The van der Waals surface area contributed by atoms with Crippen LogP contribution in [0.1, 0.15) is 5.56 Å². The zero-order chi connectivity index (χ0) is 14.3. The van der Waals surface area contributed by atoms with Crippen molar-refractivity contribution in [2.24, 2.45) is 4.99 Å². The topological polar surface area (TPSA) is 21.6 Å². The molecular weight excluding hydrogens is 258 g/mol. The second-order valence-corrected chi connectivity index (χ2v) is 4.58. The third-order valence-corrected chi connectivity index (χ3v) is 2.96. The Bertz CT molecular complexity index is 721. The quantitative estimate of drug-likeness (QED) is 0.596. The molecule has 3 rings (SSSR count). The zero-order valence-corrected chi connectivity index (χ0v) is 11.5. The zero-order valence-electron chi connectivity index (χ0n) is 11.5. The van der Waals surface area contributed by atoms with Crippen molar-refractivity contribution in [3.05, 3.63) is 90.5 Å². The lowest BCUT2D eigenvalue weighted by atomic mass is 10.2. The van der Waals surface area contributed by atoms with E-state index in [9.17, 15) is 0 Å². The van der Waals surface area contributed by atoms with Crippen LogP contribution in [0.4, 0.5) is 5.69 Å². The normalized spacial score (nSPS) is 10.7. The first-order chi connectivity index (χ1) is 10.4. The first kappa shape index (κ1) is 13.1. The van der Waals surface area contributed by atoms with Gasteiger partial charge in [0.2, 0.25) is 0 Å². The van der Waals surface area contributed by atoms with E-state index in [0.717, 1.165) is 22.7 Å². The molecule has 0 heterocycles. The highest BCUT2D eigenvalue weighted by Crippen LogP contribution is 2.21. The van der Waals surface area contributed by atoms with Crippen LogP contribution in [0.5, 0.6) is 11.5 Å². The second-order valence-electron chi connectivity index (χ2n) is 4.58. The minimum Gasteiger partial charge on any atom is -0.457 e. The Kier molecular flexibility index (Phi) is 4.08. The standard InChI is InChI=1S/C19H15NO/c1-3-9-17(10-4-1)20-15-16-8-7-13-19(14-16)21-18-11-5-2-6-12-18/h1-15H/b20-15+. The van der Waals surface area contributed by atoms with Gasteiger partial charge in [-0.2, -0.15) is 0 Å². The molecule has 102 valence electrons. The maximum atomic E-state index is 5.81. The lowest BCUT2D eigenvalue weighted by Crippen LogP contribution is -1.86. The van der Waals surface area contributed by atoms with E-state index < -0.39 is 0 Å². The molecule has 3 aromatic rings. The third kappa shape index (κ3) is 3.80. The molecule has 0 saturated carbocycles. The molecule has 0 aliphatic heterocycles. The van der Waals surface area contributed by atoms with Gasteiger partial charge in [0.05, 0.1) is 5.69 Å². The predicted octanol–water partition coefficient (Wildman–Crippen LogP) is 5.23. The molecule has 0 aliphatic carbocycles. The van der Waals surface area contributed by atoms with Crippen LogP contribution in [-0.2, 0) is 0 Å². The molecular formula is C19H15NO. The van der Waals surface area contributed by atoms with Crippen LogP contribution in [0.2, 0.25) is 0 Å². The highest BCUT2D eigenvalue weighted by Gasteiger charge is 1.97. The van der Waals surface area contributed by atoms with Crippen LogP contribution in [0, 0.1) is 0 Å². The lowest BCUT2D eigenvalue weighted by molar-refractivity contribution is 0.482. The Labute approximate surface area is 124 Å². The molecule has 0 fully saturated rings. The van der Waals surface area contributed by atoms with Gasteiger partial charge in [-0.05, 0) is 42.0 Å². The Morgan fingerprint density at radius 3 is 2.10 bits per heavy atom. The van der Waals surface area contributed by atoms with Gasteiger partial charge in [-0.25, -0.2) is 0 Å². The van der Waals surface area contributed by atoms with E-state index in [1.165, 1.54) is 0 Å². The molecule has 0 amide bonds. The Morgan fingerprint density at radius 2 is 1.33 bits per heavy atom. The number of nitrogens with zero attached hydrogens (tertiary/aromatic N) is 1. The minimum absolute atomic E-state index is 0.804. The number of rotatable bonds is 4. The smallest absolute Gasteiger partial charge is 0.128 e. The van der Waals surface area contributed by atoms with Crippen LogP contribution in [-0.4, -0.2) is 6.21 Å². The summed E-state index contributed by atoms with van der Waals surface area (Å²) in [5, 5.41) is 0. The molecule has 0 aliphatic rings. The monoisotopic (exact) mass is 273 g/mol. The van der Waals surface area contributed by atoms with Crippen molar-refractivity contribution in [2.75, 3.05) is 0 Å². The Balaban J connectivity index is 1.76. The molecule has 0 radical (unpaired) electrons.